The van der Waals surface area contributed by atoms with Crippen LogP contribution in [0, 0.1) is 17.8 Å². The number of nitriles is 1. The van der Waals surface area contributed by atoms with E-state index in [0.29, 0.717) is 5.56 Å². The molecule has 0 spiro atoms. The first-order chi connectivity index (χ1) is 6.63. The molecule has 0 atom stereocenters. The second-order valence-electron chi connectivity index (χ2n) is 2.59. The minimum absolute atomic E-state index is 0.129. The Kier molecular flexibility index (Phi) is 3.43. The Morgan fingerprint density at radius 2 is 2.50 bits per heavy atom. The lowest BCUT2D eigenvalue weighted by Crippen LogP contribution is -2.10. The number of carbonyl (C=O) groups excluding carboxylic acids is 1. The number of nitrogens with two attached hydrogens (primary N) is 1. The smallest absolute Gasteiger partial charge is 0.218 e. The minimum atomic E-state index is -0.425. The maximum Gasteiger partial charge on any atom is 0.218 e. The van der Waals surface area contributed by atoms with E-state index in [1.165, 1.54) is 6.20 Å². The summed E-state index contributed by atoms with van der Waals surface area (Å²) in [5, 5.41) is 8.82. The van der Waals surface area contributed by atoms with Crippen LogP contribution in [0.25, 0.3) is 0 Å². The molecule has 0 aliphatic carbocycles. The Morgan fingerprint density at radius 1 is 1.79 bits per heavy atom. The average Bonchev–Trinajstić information content (AvgIpc) is 2.15. The first-order valence-corrected chi connectivity index (χ1v) is 4.18. The number of rotatable bonds is 3. The Morgan fingerprint density at radius 3 is 3.00 bits per heavy atom. The second kappa shape index (κ2) is 4.58. The van der Waals surface area contributed by atoms with E-state index in [4.69, 9.17) is 22.6 Å². The molecule has 14 heavy (non-hydrogen) atoms. The first kappa shape index (κ1) is 10.5. The van der Waals surface area contributed by atoms with Gasteiger partial charge in [-0.1, -0.05) is 11.6 Å². The van der Waals surface area contributed by atoms with Gasteiger partial charge in [-0.05, 0) is 11.6 Å². The van der Waals surface area contributed by atoms with Gasteiger partial charge in [-0.3, -0.25) is 4.79 Å². The summed E-state index contributed by atoms with van der Waals surface area (Å²) in [4.78, 5) is 14.3. The van der Waals surface area contributed by atoms with Crippen LogP contribution in [0.3, 0.4) is 0 Å². The van der Waals surface area contributed by atoms with Crippen LogP contribution in [0.5, 0.6) is 0 Å². The van der Waals surface area contributed by atoms with Crippen LogP contribution in [0.1, 0.15) is 17.7 Å². The lowest BCUT2D eigenvalue weighted by molar-refractivity contribution is -0.117. The van der Waals surface area contributed by atoms with Gasteiger partial charge in [0.05, 0.1) is 5.02 Å². The van der Waals surface area contributed by atoms with Crippen LogP contribution in [-0.2, 0) is 4.79 Å². The third kappa shape index (κ3) is 2.71. The zero-order chi connectivity index (χ0) is 10.6. The summed E-state index contributed by atoms with van der Waals surface area (Å²) < 4.78 is 0. The molecule has 71 valence electrons. The zero-order valence-electron chi connectivity index (χ0n) is 7.20. The highest BCUT2D eigenvalue weighted by molar-refractivity contribution is 6.31. The number of hydrogen-bond acceptors (Lipinski definition) is 3. The molecular weight excluding hydrogens is 202 g/mol. The topological polar surface area (TPSA) is 79.8 Å². The number of nitrogens with zero attached hydrogens (tertiary/aromatic N) is 2. The Labute approximate surface area is 86.3 Å². The van der Waals surface area contributed by atoms with Gasteiger partial charge in [-0.15, -0.1) is 0 Å². The van der Waals surface area contributed by atoms with Crippen molar-refractivity contribution in [2.75, 3.05) is 0 Å². The van der Waals surface area contributed by atoms with Gasteiger partial charge in [0, 0.05) is 19.0 Å². The van der Waals surface area contributed by atoms with Gasteiger partial charge in [0.15, 0.2) is 5.69 Å². The molecule has 0 fully saturated rings. The molecule has 1 heterocycles. The van der Waals surface area contributed by atoms with Crippen molar-refractivity contribution in [2.45, 2.75) is 6.42 Å². The first-order valence-electron chi connectivity index (χ1n) is 3.80. The molecule has 0 aromatic carbocycles. The van der Waals surface area contributed by atoms with Crippen molar-refractivity contribution < 1.29 is 4.79 Å². The second-order valence-corrected chi connectivity index (χ2v) is 2.99. The summed E-state index contributed by atoms with van der Waals surface area (Å²) in [6.07, 6.45) is 3.19. The lowest BCUT2D eigenvalue weighted by atomic mass is 10.1. The fourth-order valence-electron chi connectivity index (χ4n) is 0.865. The predicted octanol–water partition coefficient (Wildman–Crippen LogP) is 1.03. The largest absolute Gasteiger partial charge is 0.370 e. The van der Waals surface area contributed by atoms with Crippen molar-refractivity contribution in [1.82, 2.24) is 4.98 Å². The van der Waals surface area contributed by atoms with Crippen LogP contribution >= 0.6 is 11.6 Å². The molecule has 0 saturated heterocycles. The van der Waals surface area contributed by atoms with E-state index in [-0.39, 0.29) is 17.1 Å². The molecular formula is C9H7ClN3O. The van der Waals surface area contributed by atoms with Gasteiger partial charge in [0.2, 0.25) is 5.91 Å². The van der Waals surface area contributed by atoms with Crippen molar-refractivity contribution in [3.8, 4) is 6.07 Å². The summed E-state index contributed by atoms with van der Waals surface area (Å²) in [5.41, 5.74) is 5.80. The van der Waals surface area contributed by atoms with Crippen LogP contribution < -0.4 is 5.73 Å². The quantitative estimate of drug-likeness (QED) is 0.806. The van der Waals surface area contributed by atoms with E-state index in [9.17, 15) is 4.79 Å². The SMILES string of the molecule is N#Cc1ncc([CH]CC(N)=O)cc1Cl. The van der Waals surface area contributed by atoms with Crippen molar-refractivity contribution in [2.24, 2.45) is 5.73 Å². The van der Waals surface area contributed by atoms with E-state index in [0.717, 1.165) is 0 Å². The van der Waals surface area contributed by atoms with Gasteiger partial charge < -0.3 is 5.73 Å². The standard InChI is InChI=1S/C9H7ClN3O/c10-7-3-6(1-2-9(12)14)5-13-8(7)4-11/h1,3,5H,2H2,(H2,12,14). The molecule has 0 saturated carbocycles. The molecule has 1 radical (unpaired) electrons. The number of primary amides is 1. The summed E-state index contributed by atoms with van der Waals surface area (Å²) in [7, 11) is 0. The molecule has 0 unspecified atom stereocenters. The van der Waals surface area contributed by atoms with E-state index < -0.39 is 5.91 Å². The fraction of sp³-hybridized carbons (Fsp3) is 0.111. The number of aromatic nitrogens is 1. The molecule has 5 heteroatoms. The van der Waals surface area contributed by atoms with E-state index in [2.05, 4.69) is 4.98 Å². The fourth-order valence-corrected chi connectivity index (χ4v) is 1.08. The van der Waals surface area contributed by atoms with Crippen LogP contribution in [0.15, 0.2) is 12.3 Å². The highest BCUT2D eigenvalue weighted by Crippen LogP contribution is 2.15. The number of hydrogen-bond donors (Lipinski definition) is 1. The molecule has 2 N–H and O–H groups in total. The van der Waals surface area contributed by atoms with Gasteiger partial charge >= 0.3 is 0 Å². The minimum Gasteiger partial charge on any atom is -0.370 e. The van der Waals surface area contributed by atoms with E-state index in [1.807, 2.05) is 6.07 Å². The van der Waals surface area contributed by atoms with Crippen LogP contribution in [0.2, 0.25) is 5.02 Å². The van der Waals surface area contributed by atoms with Crippen molar-refractivity contribution in [1.29, 1.82) is 5.26 Å². The van der Waals surface area contributed by atoms with Gasteiger partial charge in [-0.25, -0.2) is 4.98 Å². The number of carbonyl (C=O) groups is 1. The Hall–Kier alpha value is -1.60. The van der Waals surface area contributed by atoms with Gasteiger partial charge in [0.25, 0.3) is 0 Å². The number of pyridine rings is 1. The molecule has 1 aromatic rings. The zero-order valence-corrected chi connectivity index (χ0v) is 7.95. The molecule has 0 aliphatic rings. The molecule has 1 rings (SSSR count). The third-order valence-corrected chi connectivity index (χ3v) is 1.80. The normalized spacial score (nSPS) is 9.43. The van der Waals surface area contributed by atoms with E-state index >= 15 is 0 Å². The van der Waals surface area contributed by atoms with E-state index in [1.54, 1.807) is 12.5 Å². The maximum absolute atomic E-state index is 10.5. The van der Waals surface area contributed by atoms with Crippen molar-refractivity contribution >= 4 is 17.5 Å². The summed E-state index contributed by atoms with van der Waals surface area (Å²) in [6, 6.07) is 3.40. The van der Waals surface area contributed by atoms with Gasteiger partial charge in [0.1, 0.15) is 6.07 Å². The lowest BCUT2D eigenvalue weighted by Gasteiger charge is -1.99. The average molecular weight is 209 g/mol. The Bertz CT molecular complexity index is 398. The van der Waals surface area contributed by atoms with Crippen molar-refractivity contribution in [3.63, 3.8) is 0 Å². The third-order valence-electron chi connectivity index (χ3n) is 1.51. The molecule has 1 amide bonds. The molecule has 0 aliphatic heterocycles. The Balaban J connectivity index is 2.77. The molecule has 4 nitrogen and oxygen atoms in total. The monoisotopic (exact) mass is 208 g/mol. The number of amides is 1. The molecule has 0 bridgehead atoms. The summed E-state index contributed by atoms with van der Waals surface area (Å²) in [6.45, 7) is 0. The highest BCUT2D eigenvalue weighted by Gasteiger charge is 2.03. The highest BCUT2D eigenvalue weighted by atomic mass is 35.5. The van der Waals surface area contributed by atoms with Gasteiger partial charge in [-0.2, -0.15) is 5.26 Å². The molecule has 1 aromatic heterocycles. The summed E-state index contributed by atoms with van der Waals surface area (Å²) in [5.74, 6) is -0.425. The van der Waals surface area contributed by atoms with Crippen LogP contribution in [0.4, 0.5) is 0 Å². The van der Waals surface area contributed by atoms with Crippen LogP contribution in [-0.4, -0.2) is 10.9 Å². The maximum atomic E-state index is 10.5. The number of halogens is 1. The van der Waals surface area contributed by atoms with Crippen molar-refractivity contribution in [3.05, 3.63) is 35.0 Å². The summed E-state index contributed by atoms with van der Waals surface area (Å²) >= 11 is 5.72. The predicted molar refractivity (Wildman–Crippen MR) is 51.2 cm³/mol.